The van der Waals surface area contributed by atoms with E-state index in [1.165, 1.54) is 11.8 Å². The zero-order valence-corrected chi connectivity index (χ0v) is 17.9. The van der Waals surface area contributed by atoms with Gasteiger partial charge in [0.05, 0.1) is 18.1 Å². The molecule has 0 unspecified atom stereocenters. The van der Waals surface area contributed by atoms with Crippen LogP contribution in [0, 0.1) is 11.3 Å². The molecule has 0 saturated heterocycles. The third-order valence-electron chi connectivity index (χ3n) is 5.44. The molecule has 1 aromatic carbocycles. The monoisotopic (exact) mass is 411 g/mol. The largest absolute Gasteiger partial charge is 0.494 e. The second kappa shape index (κ2) is 7.37. The Morgan fingerprint density at radius 2 is 1.93 bits per heavy atom. The van der Waals surface area contributed by atoms with Crippen molar-refractivity contribution in [3.8, 4) is 5.75 Å². The molecule has 0 radical (unpaired) electrons. The van der Waals surface area contributed by atoms with Gasteiger partial charge >= 0.3 is 0 Å². The fourth-order valence-corrected chi connectivity index (χ4v) is 4.69. The number of Topliss-reactive ketones (excluding diaryl/α,β-unsaturated/α-hetero) is 1. The number of fused-ring (bicyclic) bond motifs is 2. The van der Waals surface area contributed by atoms with Crippen LogP contribution >= 0.6 is 11.8 Å². The lowest BCUT2D eigenvalue weighted by Gasteiger charge is -2.40. The lowest BCUT2D eigenvalue weighted by molar-refractivity contribution is -0.124. The second-order valence-electron chi connectivity index (χ2n) is 8.15. The number of hydrogen-bond donors (Lipinski definition) is 2. The predicted octanol–water partition coefficient (Wildman–Crippen LogP) is 3.95. The smallest absolute Gasteiger partial charge is 0.257 e. The first kappa shape index (κ1) is 19.8. The number of nitrogens with one attached hydrogen (secondary N) is 2. The number of ketones is 1. The summed E-state index contributed by atoms with van der Waals surface area (Å²) in [6, 6.07) is 7.66. The molecule has 7 heteroatoms. The number of carbonyl (C=O) groups is 1. The molecular weight excluding hydrogens is 386 g/mol. The number of benzene rings is 1. The number of thioether (sulfide) groups is 1. The molecule has 2 atom stereocenters. The maximum Gasteiger partial charge on any atom is 0.257 e. The highest BCUT2D eigenvalue weighted by molar-refractivity contribution is 7.98. The van der Waals surface area contributed by atoms with E-state index in [1.54, 1.807) is 0 Å². The van der Waals surface area contributed by atoms with Gasteiger partial charge in [-0.1, -0.05) is 43.8 Å². The van der Waals surface area contributed by atoms with Crippen molar-refractivity contribution in [3.05, 3.63) is 57.5 Å². The van der Waals surface area contributed by atoms with Crippen molar-refractivity contribution < 1.29 is 9.53 Å². The van der Waals surface area contributed by atoms with Gasteiger partial charge in [0.15, 0.2) is 5.16 Å². The molecule has 0 saturated carbocycles. The maximum absolute atomic E-state index is 13.2. The average molecular weight is 412 g/mol. The minimum Gasteiger partial charge on any atom is -0.494 e. The summed E-state index contributed by atoms with van der Waals surface area (Å²) in [6.07, 6.45) is 4.43. The molecule has 2 heterocycles. The van der Waals surface area contributed by atoms with Crippen molar-refractivity contribution in [1.82, 2.24) is 9.97 Å². The molecule has 0 spiro atoms. The minimum absolute atomic E-state index is 0.137. The Hall–Kier alpha value is -2.54. The summed E-state index contributed by atoms with van der Waals surface area (Å²) in [7, 11) is 0. The van der Waals surface area contributed by atoms with Crippen molar-refractivity contribution in [2.24, 2.45) is 11.3 Å². The van der Waals surface area contributed by atoms with Crippen LogP contribution in [0.4, 0.5) is 5.82 Å². The number of carbonyl (C=O) groups excluding carboxylic acids is 1. The number of aromatic nitrogens is 2. The van der Waals surface area contributed by atoms with Crippen LogP contribution in [0.15, 0.2) is 46.0 Å². The summed E-state index contributed by atoms with van der Waals surface area (Å²) < 4.78 is 5.55. The van der Waals surface area contributed by atoms with Crippen molar-refractivity contribution in [2.45, 2.75) is 38.3 Å². The van der Waals surface area contributed by atoms with Crippen LogP contribution in [-0.4, -0.2) is 28.6 Å². The number of hydrogen-bond acceptors (Lipinski definition) is 6. The molecule has 4 rings (SSSR count). The second-order valence-corrected chi connectivity index (χ2v) is 8.95. The van der Waals surface area contributed by atoms with E-state index in [-0.39, 0.29) is 22.7 Å². The molecule has 0 bridgehead atoms. The SMILES string of the molecule is CCOc1ccc([C@@H]2c3c(nc(SC)[nH]c3=O)NC3=CC(C)(C)CC(=O)[C@H]32)cc1. The zero-order valence-electron chi connectivity index (χ0n) is 17.0. The van der Waals surface area contributed by atoms with Gasteiger partial charge in [0.25, 0.3) is 5.56 Å². The zero-order chi connectivity index (χ0) is 20.8. The van der Waals surface area contributed by atoms with E-state index < -0.39 is 5.92 Å². The van der Waals surface area contributed by atoms with Gasteiger partial charge in [-0.25, -0.2) is 4.98 Å². The van der Waals surface area contributed by atoms with Crippen LogP contribution in [0.25, 0.3) is 0 Å². The first-order chi connectivity index (χ1) is 13.8. The molecule has 152 valence electrons. The van der Waals surface area contributed by atoms with Gasteiger partial charge in [-0.2, -0.15) is 0 Å². The van der Waals surface area contributed by atoms with Gasteiger partial charge in [0, 0.05) is 18.0 Å². The molecule has 2 N–H and O–H groups in total. The summed E-state index contributed by atoms with van der Waals surface area (Å²) in [4.78, 5) is 33.6. The predicted molar refractivity (Wildman–Crippen MR) is 115 cm³/mol. The van der Waals surface area contributed by atoms with E-state index in [4.69, 9.17) is 4.74 Å². The van der Waals surface area contributed by atoms with Crippen LogP contribution in [0.2, 0.25) is 0 Å². The Morgan fingerprint density at radius 3 is 2.59 bits per heavy atom. The van der Waals surface area contributed by atoms with Gasteiger partial charge in [-0.05, 0) is 36.3 Å². The van der Waals surface area contributed by atoms with Gasteiger partial charge in [0.2, 0.25) is 0 Å². The average Bonchev–Trinajstić information content (AvgIpc) is 2.66. The summed E-state index contributed by atoms with van der Waals surface area (Å²) in [5.74, 6) is 0.630. The molecule has 0 fully saturated rings. The van der Waals surface area contributed by atoms with Crippen molar-refractivity contribution in [1.29, 1.82) is 0 Å². The van der Waals surface area contributed by atoms with Crippen LogP contribution in [0.5, 0.6) is 5.75 Å². The Bertz CT molecular complexity index is 1040. The quantitative estimate of drug-likeness (QED) is 0.585. The van der Waals surface area contributed by atoms with Crippen molar-refractivity contribution in [3.63, 3.8) is 0 Å². The van der Waals surface area contributed by atoms with Crippen LogP contribution < -0.4 is 15.6 Å². The van der Waals surface area contributed by atoms with E-state index >= 15 is 0 Å². The molecule has 6 nitrogen and oxygen atoms in total. The number of aromatic amines is 1. The Morgan fingerprint density at radius 1 is 1.21 bits per heavy atom. The lowest BCUT2D eigenvalue weighted by Crippen LogP contribution is -2.41. The summed E-state index contributed by atoms with van der Waals surface area (Å²) in [5.41, 5.74) is 1.82. The summed E-state index contributed by atoms with van der Waals surface area (Å²) in [5, 5.41) is 3.85. The third-order valence-corrected chi connectivity index (χ3v) is 6.02. The summed E-state index contributed by atoms with van der Waals surface area (Å²) in [6.45, 7) is 6.62. The van der Waals surface area contributed by atoms with Crippen LogP contribution in [0.1, 0.15) is 44.2 Å². The van der Waals surface area contributed by atoms with Gasteiger partial charge in [-0.15, -0.1) is 0 Å². The summed E-state index contributed by atoms with van der Waals surface area (Å²) >= 11 is 1.38. The van der Waals surface area contributed by atoms with Gasteiger partial charge < -0.3 is 15.0 Å². The van der Waals surface area contributed by atoms with Gasteiger partial charge in [0.1, 0.15) is 17.4 Å². The number of allylic oxidation sites excluding steroid dienone is 2. The van der Waals surface area contributed by atoms with Crippen LogP contribution in [0.3, 0.4) is 0 Å². The Kier molecular flexibility index (Phi) is 5.02. The third kappa shape index (κ3) is 3.59. The standard InChI is InChI=1S/C22H25N3O3S/c1-5-28-13-8-6-12(7-9-13)16-17-14(10-22(2,3)11-15(17)26)23-19-18(16)20(27)25-21(24-19)29-4/h6-10,16-17H,5,11H2,1-4H3,(H2,23,24,25,27)/t16-,17-/m0/s1. The first-order valence-corrected chi connectivity index (χ1v) is 11.0. The fraction of sp³-hybridized carbons (Fsp3) is 0.409. The van der Waals surface area contributed by atoms with E-state index in [0.29, 0.717) is 29.6 Å². The topological polar surface area (TPSA) is 84.1 Å². The van der Waals surface area contributed by atoms with E-state index in [1.807, 2.05) is 37.4 Å². The minimum atomic E-state index is -0.420. The molecule has 0 amide bonds. The highest BCUT2D eigenvalue weighted by atomic mass is 32.2. The molecule has 2 aromatic rings. The van der Waals surface area contributed by atoms with E-state index in [9.17, 15) is 9.59 Å². The number of anilines is 1. The number of ether oxygens (including phenoxy) is 1. The number of H-pyrrole nitrogens is 1. The molecule has 29 heavy (non-hydrogen) atoms. The van der Waals surface area contributed by atoms with Crippen molar-refractivity contribution >= 4 is 23.4 Å². The molecule has 2 aliphatic rings. The molecule has 1 aromatic heterocycles. The van der Waals surface area contributed by atoms with Crippen molar-refractivity contribution in [2.75, 3.05) is 18.2 Å². The lowest BCUT2D eigenvalue weighted by atomic mass is 9.67. The molecule has 1 aliphatic carbocycles. The number of nitrogens with zero attached hydrogens (tertiary/aromatic N) is 1. The van der Waals surface area contributed by atoms with Crippen LogP contribution in [-0.2, 0) is 4.79 Å². The normalized spacial score (nSPS) is 22.2. The molecule has 1 aliphatic heterocycles. The molecular formula is C22H25N3O3S. The first-order valence-electron chi connectivity index (χ1n) is 9.76. The van der Waals surface area contributed by atoms with E-state index in [2.05, 4.69) is 35.2 Å². The van der Waals surface area contributed by atoms with E-state index in [0.717, 1.165) is 17.0 Å². The number of rotatable bonds is 4. The highest BCUT2D eigenvalue weighted by Crippen LogP contribution is 2.48. The Labute approximate surface area is 174 Å². The Balaban J connectivity index is 1.91. The van der Waals surface area contributed by atoms with Gasteiger partial charge in [-0.3, -0.25) is 9.59 Å². The highest BCUT2D eigenvalue weighted by Gasteiger charge is 2.45. The fourth-order valence-electron chi connectivity index (χ4n) is 4.32. The maximum atomic E-state index is 13.2.